The third kappa shape index (κ3) is 23.2. The summed E-state index contributed by atoms with van der Waals surface area (Å²) in [5.74, 6) is 28.4. The van der Waals surface area contributed by atoms with Crippen LogP contribution in [0.1, 0.15) is 233 Å². The standard InChI is InChI=1S/C32H33N5O2.C31H31N5O2.C28H27N5O2.C27H25N5O2.4H2S/c1-6-9-26(38)36-16-8-12-25(36)31-35-27(28-30(33)34-15-17-37(28)31)21-13-14-24(20(2)18-21)29(39)22-10-7-11-23(19-22)32(3,4)5;1-5-8-25(37)35-17-7-11-24(35)30-34-26(27-29(32)33-16-18-36(27)30)20-12-14-21(15-13-20)28(38)22-9-6-10-23(19-22)31(2,3)4;1-4-8-24(34)32-15-7-10-21(32)28-31-25(26-27(29)30-14-16-33(26)28)20-12-13-23(19(3)17-20)35-22-11-6-5-9-18(22)2;1-3-8-23(33)31-15-7-11-21(31)27-30-24(25-26(28)29-14-16-32(25)27)19-12-13-22(18(2)17-19)34-20-9-5-4-6-10-20;;;;/h7,10-11,13-15,17-19,25H,8,12,16H2,1-5H3,(H2,33,34);6,9-10,12-16,18-19,24H,7,11,17H2,1-4H3,(H2,32,33);5-6,9,11-14,16-17,21H,7,10,15H2,1-3H3,(H2,29,30);4-6,9-10,12-14,16-17,21H,7,11,15H2,1-2H3,(H2,28,29);4*1H2/t25-;24-;2*21-;;;;/m0000..../s1. The zero-order valence-electron chi connectivity index (χ0n) is 86.5. The normalized spacial score (nSPS) is 14.9. The fraction of sp³-hybridized carbons (Fsp3) is 0.271. The van der Waals surface area contributed by atoms with Gasteiger partial charge in [0.25, 0.3) is 23.6 Å². The van der Waals surface area contributed by atoms with Crippen molar-refractivity contribution < 1.29 is 38.2 Å². The number of fused-ring (bicyclic) bond motifs is 4. The number of ketones is 2. The second-order valence-corrected chi connectivity index (χ2v) is 38.7. The number of amides is 4. The molecule has 150 heavy (non-hydrogen) atoms. The average molecular weight is 2080 g/mol. The number of benzene rings is 8. The number of nitrogens with zero attached hydrogens (tertiary/aromatic N) is 16. The van der Waals surface area contributed by atoms with E-state index < -0.39 is 0 Å². The molecule has 28 nitrogen and oxygen atoms in total. The van der Waals surface area contributed by atoms with Gasteiger partial charge in [0.1, 0.15) is 114 Å². The van der Waals surface area contributed by atoms with Crippen molar-refractivity contribution in [3.05, 3.63) is 310 Å². The highest BCUT2D eigenvalue weighted by Gasteiger charge is 2.40. The Kier molecular flexibility index (Phi) is 35.4. The number of rotatable bonds is 16. The quantitative estimate of drug-likeness (QED) is 0.0515. The number of nitrogen functional groups attached to an aromatic ring is 4. The number of nitrogens with two attached hydrogens (primary N) is 4. The Hall–Kier alpha value is -16.1. The van der Waals surface area contributed by atoms with Crippen LogP contribution in [0.15, 0.2) is 232 Å². The predicted molar refractivity (Wildman–Crippen MR) is 611 cm³/mol. The Balaban J connectivity index is 0.000000165. The molecule has 768 valence electrons. The van der Waals surface area contributed by atoms with E-state index in [0.717, 1.165) is 176 Å². The van der Waals surface area contributed by atoms with Crippen LogP contribution in [0, 0.1) is 75.1 Å². The predicted octanol–water partition coefficient (Wildman–Crippen LogP) is 21.0. The van der Waals surface area contributed by atoms with Crippen molar-refractivity contribution in [2.75, 3.05) is 49.1 Å². The summed E-state index contributed by atoms with van der Waals surface area (Å²) in [5, 5.41) is 0. The van der Waals surface area contributed by atoms with Gasteiger partial charge in [-0.25, -0.2) is 39.9 Å². The third-order valence-corrected chi connectivity index (χ3v) is 26.9. The molecule has 0 unspecified atom stereocenters. The van der Waals surface area contributed by atoms with Crippen molar-refractivity contribution in [2.24, 2.45) is 0 Å². The highest BCUT2D eigenvalue weighted by molar-refractivity contribution is 7.59. The number of anilines is 4. The fourth-order valence-electron chi connectivity index (χ4n) is 19.6. The molecule has 12 heterocycles. The first-order valence-corrected chi connectivity index (χ1v) is 49.0. The van der Waals surface area contributed by atoms with Gasteiger partial charge in [-0.05, 0) is 247 Å². The number of likely N-dealkylation sites (tertiary alicyclic amines) is 4. The highest BCUT2D eigenvalue weighted by atomic mass is 32.1. The summed E-state index contributed by atoms with van der Waals surface area (Å²) >= 11 is 0. The zero-order chi connectivity index (χ0) is 103. The first-order chi connectivity index (χ1) is 70.3. The van der Waals surface area contributed by atoms with Crippen molar-refractivity contribution in [1.82, 2.24) is 77.1 Å². The summed E-state index contributed by atoms with van der Waals surface area (Å²) < 4.78 is 20.0. The second kappa shape index (κ2) is 47.8. The number of carbonyl (C=O) groups excluding carboxylic acids is 6. The number of aryl methyl sites for hydroxylation is 4. The first kappa shape index (κ1) is 111. The molecule has 0 spiro atoms. The molecular weight excluding hydrogens is 1950 g/mol. The molecule has 4 saturated heterocycles. The summed E-state index contributed by atoms with van der Waals surface area (Å²) in [4.78, 5) is 122. The molecule has 4 fully saturated rings. The molecule has 16 aromatic rings. The van der Waals surface area contributed by atoms with Crippen molar-refractivity contribution in [1.29, 1.82) is 0 Å². The van der Waals surface area contributed by atoms with Crippen LogP contribution in [0.2, 0.25) is 0 Å². The number of hydrogen-bond acceptors (Lipinski definition) is 20. The third-order valence-electron chi connectivity index (χ3n) is 26.9. The fourth-order valence-corrected chi connectivity index (χ4v) is 19.6. The Morgan fingerprint density at radius 2 is 0.640 bits per heavy atom. The monoisotopic (exact) mass is 2080 g/mol. The summed E-state index contributed by atoms with van der Waals surface area (Å²) in [5.41, 5.74) is 43.0. The van der Waals surface area contributed by atoms with Crippen molar-refractivity contribution in [3.63, 3.8) is 0 Å². The van der Waals surface area contributed by atoms with E-state index in [9.17, 15) is 28.8 Å². The lowest BCUT2D eigenvalue weighted by Gasteiger charge is -2.21. The number of para-hydroxylation sites is 2. The molecule has 8 aromatic carbocycles. The van der Waals surface area contributed by atoms with E-state index in [0.29, 0.717) is 94.1 Å². The largest absolute Gasteiger partial charge is 0.457 e. The Morgan fingerprint density at radius 1 is 0.327 bits per heavy atom. The summed E-state index contributed by atoms with van der Waals surface area (Å²) in [7, 11) is 0. The molecule has 32 heteroatoms. The van der Waals surface area contributed by atoms with Gasteiger partial charge in [0.2, 0.25) is 0 Å². The van der Waals surface area contributed by atoms with E-state index in [1.807, 2.05) is 246 Å². The van der Waals surface area contributed by atoms with Crippen LogP contribution in [0.3, 0.4) is 0 Å². The minimum absolute atomic E-state index is 0. The van der Waals surface area contributed by atoms with Gasteiger partial charge < -0.3 is 52.0 Å². The molecule has 4 amide bonds. The Morgan fingerprint density at radius 3 is 0.980 bits per heavy atom. The number of carbonyl (C=O) groups is 6. The molecular formula is C118H124N20O8S4. The van der Waals surface area contributed by atoms with E-state index >= 15 is 0 Å². The van der Waals surface area contributed by atoms with Gasteiger partial charge in [-0.1, -0.05) is 174 Å². The highest BCUT2D eigenvalue weighted by Crippen LogP contribution is 2.45. The minimum Gasteiger partial charge on any atom is -0.457 e. The molecule has 4 atom stereocenters. The molecule has 8 N–H and O–H groups in total. The lowest BCUT2D eigenvalue weighted by Crippen LogP contribution is -2.30. The minimum atomic E-state index is -0.210. The van der Waals surface area contributed by atoms with Crippen LogP contribution < -0.4 is 32.4 Å². The molecule has 4 aliphatic heterocycles. The Labute approximate surface area is 901 Å². The van der Waals surface area contributed by atoms with Crippen molar-refractivity contribution in [2.45, 2.75) is 183 Å². The van der Waals surface area contributed by atoms with E-state index in [1.165, 1.54) is 0 Å². The van der Waals surface area contributed by atoms with Crippen LogP contribution in [-0.2, 0) is 30.0 Å². The lowest BCUT2D eigenvalue weighted by atomic mass is 9.85. The van der Waals surface area contributed by atoms with E-state index in [4.69, 9.17) is 52.3 Å². The van der Waals surface area contributed by atoms with E-state index in [1.54, 1.807) is 72.1 Å². The summed E-state index contributed by atoms with van der Waals surface area (Å²) in [6.45, 7) is 30.0. The maximum atomic E-state index is 13.5. The molecule has 0 aliphatic carbocycles. The van der Waals surface area contributed by atoms with Gasteiger partial charge in [-0.2, -0.15) is 54.0 Å². The van der Waals surface area contributed by atoms with Gasteiger partial charge >= 0.3 is 0 Å². The number of hydrogen-bond donors (Lipinski definition) is 4. The number of ether oxygens (including phenoxy) is 2. The maximum absolute atomic E-state index is 13.5. The smallest absolute Gasteiger partial charge is 0.299 e. The van der Waals surface area contributed by atoms with Crippen LogP contribution in [-0.4, -0.2) is 138 Å². The topological polar surface area (TPSA) is 359 Å². The van der Waals surface area contributed by atoms with Crippen LogP contribution in [0.5, 0.6) is 23.0 Å². The van der Waals surface area contributed by atoms with Crippen LogP contribution in [0.4, 0.5) is 23.3 Å². The van der Waals surface area contributed by atoms with Crippen LogP contribution >= 0.6 is 54.0 Å². The molecule has 0 saturated carbocycles. The summed E-state index contributed by atoms with van der Waals surface area (Å²) in [6.07, 6.45) is 20.7. The number of imidazole rings is 4. The maximum Gasteiger partial charge on any atom is 0.299 e. The SMILES string of the molecule is CC#CC(=O)N1CCC[C@H]1c1nc(-c2ccc(C(=O)c3cccc(C(C)(C)C)c3)c(C)c2)c2c(N)nccn12.CC#CC(=O)N1CCC[C@H]1c1nc(-c2ccc(C(=O)c3cccc(C(C)(C)C)c3)cc2)c2c(N)nccn12.CC#CC(=O)N1CCC[C@H]1c1nc(-c2ccc(Oc3ccccc3)c(C)c2)c2c(N)nccn12.CC#CC(=O)N1CCC[C@H]1c1nc(-c2ccc(Oc3ccccc3C)c(C)c2)c2c(N)nccn12.S.S.S.S. The molecule has 20 rings (SSSR count). The number of aromatic nitrogens is 12. The van der Waals surface area contributed by atoms with Crippen LogP contribution in [0.25, 0.3) is 67.1 Å². The van der Waals surface area contributed by atoms with E-state index in [-0.39, 0.29) is 124 Å². The van der Waals surface area contributed by atoms with Gasteiger partial charge in [-0.15, -0.1) is 0 Å². The zero-order valence-corrected chi connectivity index (χ0v) is 90.5. The van der Waals surface area contributed by atoms with Crippen molar-refractivity contribution in [3.8, 4) is 115 Å². The lowest BCUT2D eigenvalue weighted by molar-refractivity contribution is -0.126. The molecule has 4 aliphatic rings. The summed E-state index contributed by atoms with van der Waals surface area (Å²) in [6, 6.07) is 57.6. The Bertz CT molecular complexity index is 8100. The van der Waals surface area contributed by atoms with E-state index in [2.05, 4.69) is 115 Å². The van der Waals surface area contributed by atoms with Gasteiger partial charge in [0, 0.05) is 120 Å². The van der Waals surface area contributed by atoms with Gasteiger partial charge in [0.05, 0.1) is 24.2 Å². The molecule has 8 aromatic heterocycles. The van der Waals surface area contributed by atoms with Gasteiger partial charge in [0.15, 0.2) is 11.6 Å². The van der Waals surface area contributed by atoms with Crippen molar-refractivity contribution >= 4 is 135 Å². The molecule has 0 bridgehead atoms. The second-order valence-electron chi connectivity index (χ2n) is 38.7. The average Bonchev–Trinajstić information content (AvgIpc) is 1.61. The molecule has 0 radical (unpaired) electrons. The first-order valence-electron chi connectivity index (χ1n) is 49.0. The van der Waals surface area contributed by atoms with Gasteiger partial charge in [-0.3, -0.25) is 46.4 Å².